The first-order chi connectivity index (χ1) is 13.8. The third kappa shape index (κ3) is 4.00. The lowest BCUT2D eigenvalue weighted by atomic mass is 9.98. The van der Waals surface area contributed by atoms with Crippen LogP contribution in [0.3, 0.4) is 0 Å². The number of hydrogen-bond acceptors (Lipinski definition) is 5. The highest BCUT2D eigenvalue weighted by Crippen LogP contribution is 2.44. The summed E-state index contributed by atoms with van der Waals surface area (Å²) in [7, 11) is 0. The molecule has 4 rings (SSSR count). The minimum Gasteiger partial charge on any atom is -0.374 e. The number of rotatable bonds is 4. The van der Waals surface area contributed by atoms with Crippen molar-refractivity contribution < 1.29 is 23.1 Å². The van der Waals surface area contributed by atoms with E-state index in [4.69, 9.17) is 0 Å². The second-order valence-electron chi connectivity index (χ2n) is 7.88. The van der Waals surface area contributed by atoms with Crippen molar-refractivity contribution in [2.24, 2.45) is 0 Å². The number of alkyl halides is 3. The Hall–Kier alpha value is -1.71. The first-order valence-electron chi connectivity index (χ1n) is 9.95. The van der Waals surface area contributed by atoms with Crippen molar-refractivity contribution in [1.82, 2.24) is 14.8 Å². The van der Waals surface area contributed by atoms with Crippen LogP contribution in [0.2, 0.25) is 0 Å². The molecule has 0 radical (unpaired) electrons. The first-order valence-corrected chi connectivity index (χ1v) is 10.8. The average Bonchev–Trinajstić information content (AvgIpc) is 3.37. The topological polar surface area (TPSA) is 56.7 Å². The minimum absolute atomic E-state index is 0.382. The number of benzene rings is 1. The highest BCUT2D eigenvalue weighted by Gasteiger charge is 2.58. The number of halogens is 3. The Morgan fingerprint density at radius 2 is 1.79 bits per heavy atom. The highest BCUT2D eigenvalue weighted by molar-refractivity contribution is 7.18. The van der Waals surface area contributed by atoms with E-state index in [-0.39, 0.29) is 0 Å². The van der Waals surface area contributed by atoms with Crippen LogP contribution in [0.4, 0.5) is 13.2 Å². The van der Waals surface area contributed by atoms with Gasteiger partial charge in [-0.05, 0) is 25.0 Å². The van der Waals surface area contributed by atoms with Gasteiger partial charge in [-0.15, -0.1) is 11.3 Å². The van der Waals surface area contributed by atoms with Crippen LogP contribution in [0.1, 0.15) is 37.1 Å². The minimum atomic E-state index is -5.00. The van der Waals surface area contributed by atoms with E-state index in [0.29, 0.717) is 42.4 Å². The molecule has 1 unspecified atom stereocenters. The lowest BCUT2D eigenvalue weighted by molar-refractivity contribution is -0.268. The summed E-state index contributed by atoms with van der Waals surface area (Å²) in [5, 5.41) is 10.1. The molecule has 2 heterocycles. The molecule has 158 valence electrons. The molecule has 9 heteroatoms. The Balaban J connectivity index is 1.49. The number of hydrogen-bond donors (Lipinski definition) is 1. The molecule has 2 fully saturated rings. The van der Waals surface area contributed by atoms with E-state index in [1.807, 2.05) is 0 Å². The Kier molecular flexibility index (Phi) is 5.56. The lowest BCUT2D eigenvalue weighted by Gasteiger charge is -2.39. The molecule has 0 bridgehead atoms. The van der Waals surface area contributed by atoms with Crippen LogP contribution in [0, 0.1) is 0 Å². The fourth-order valence-electron chi connectivity index (χ4n) is 4.28. The van der Waals surface area contributed by atoms with Crippen LogP contribution in [-0.2, 0) is 10.4 Å². The van der Waals surface area contributed by atoms with E-state index in [2.05, 4.69) is 9.88 Å². The van der Waals surface area contributed by atoms with Crippen molar-refractivity contribution in [3.63, 3.8) is 0 Å². The fraction of sp³-hybridized carbons (Fsp3) is 0.600. The van der Waals surface area contributed by atoms with Crippen molar-refractivity contribution in [1.29, 1.82) is 0 Å². The molecule has 1 atom stereocenters. The third-order valence-electron chi connectivity index (χ3n) is 6.03. The molecule has 2 aromatic rings. The van der Waals surface area contributed by atoms with Crippen molar-refractivity contribution in [2.75, 3.05) is 26.2 Å². The van der Waals surface area contributed by atoms with E-state index in [1.54, 1.807) is 24.3 Å². The summed E-state index contributed by atoms with van der Waals surface area (Å²) in [4.78, 5) is 20.5. The lowest BCUT2D eigenvalue weighted by Crippen LogP contribution is -2.53. The molecule has 2 aliphatic rings. The summed E-state index contributed by atoms with van der Waals surface area (Å²) in [5.74, 6) is -0.685. The zero-order valence-corrected chi connectivity index (χ0v) is 16.8. The van der Waals surface area contributed by atoms with Crippen LogP contribution >= 0.6 is 11.3 Å². The Bertz CT molecular complexity index is 840. The van der Waals surface area contributed by atoms with Crippen LogP contribution < -0.4 is 0 Å². The molecular weight excluding hydrogens is 403 g/mol. The molecule has 1 aliphatic heterocycles. The Labute approximate surface area is 171 Å². The van der Waals surface area contributed by atoms with Gasteiger partial charge < -0.3 is 10.0 Å². The number of aromatic nitrogens is 1. The van der Waals surface area contributed by atoms with E-state index >= 15 is 0 Å². The molecule has 5 nitrogen and oxygen atoms in total. The summed E-state index contributed by atoms with van der Waals surface area (Å²) in [5.41, 5.74) is -2.90. The van der Waals surface area contributed by atoms with Crippen molar-refractivity contribution in [3.8, 4) is 0 Å². The van der Waals surface area contributed by atoms with Gasteiger partial charge in [-0.1, -0.05) is 25.0 Å². The summed E-state index contributed by atoms with van der Waals surface area (Å²) in [6.45, 7) is 2.12. The van der Waals surface area contributed by atoms with Gasteiger partial charge in [0.25, 0.3) is 0 Å². The maximum absolute atomic E-state index is 13.9. The number of carbonyl (C=O) groups is 1. The monoisotopic (exact) mass is 427 g/mol. The van der Waals surface area contributed by atoms with Gasteiger partial charge in [0, 0.05) is 32.2 Å². The van der Waals surface area contributed by atoms with E-state index in [0.717, 1.165) is 24.2 Å². The Morgan fingerprint density at radius 1 is 1.14 bits per heavy atom. The third-order valence-corrected chi connectivity index (χ3v) is 7.22. The standard InChI is InChI=1S/C20H24F3N3O2S/c21-20(22,23)19(28,18-24-15-7-3-4-8-16(15)29-18)13-17(27)26-11-9-25(10-12-26)14-5-1-2-6-14/h3-4,7-8,14,28H,1-2,5-6,9-13H2. The smallest absolute Gasteiger partial charge is 0.374 e. The van der Waals surface area contributed by atoms with Crippen molar-refractivity contribution >= 4 is 27.5 Å². The van der Waals surface area contributed by atoms with Crippen LogP contribution in [0.15, 0.2) is 24.3 Å². The molecule has 29 heavy (non-hydrogen) atoms. The largest absolute Gasteiger partial charge is 0.424 e. The van der Waals surface area contributed by atoms with Gasteiger partial charge in [-0.2, -0.15) is 13.2 Å². The van der Waals surface area contributed by atoms with Gasteiger partial charge in [-0.3, -0.25) is 9.69 Å². The first kappa shape index (κ1) is 20.6. The average molecular weight is 427 g/mol. The van der Waals surface area contributed by atoms with Gasteiger partial charge in [0.05, 0.1) is 16.6 Å². The number of aliphatic hydroxyl groups is 1. The molecule has 0 spiro atoms. The molecular formula is C20H24F3N3O2S. The number of carbonyl (C=O) groups excluding carboxylic acids is 1. The van der Waals surface area contributed by atoms with Gasteiger partial charge >= 0.3 is 6.18 Å². The second kappa shape index (κ2) is 7.85. The number of para-hydroxylation sites is 1. The number of nitrogens with zero attached hydrogens (tertiary/aromatic N) is 3. The predicted octanol–water partition coefficient (Wildman–Crippen LogP) is 3.52. The van der Waals surface area contributed by atoms with Gasteiger partial charge in [0.1, 0.15) is 5.01 Å². The quantitative estimate of drug-likeness (QED) is 0.811. The zero-order chi connectivity index (χ0) is 20.6. The maximum atomic E-state index is 13.9. The summed E-state index contributed by atoms with van der Waals surface area (Å²) in [6.07, 6.45) is -1.31. The molecule has 1 amide bonds. The molecule has 1 saturated carbocycles. The van der Waals surface area contributed by atoms with Crippen LogP contribution in [0.25, 0.3) is 10.2 Å². The predicted molar refractivity (Wildman–Crippen MR) is 105 cm³/mol. The zero-order valence-electron chi connectivity index (χ0n) is 16.0. The number of piperazine rings is 1. The number of thiazole rings is 1. The fourth-order valence-corrected chi connectivity index (χ4v) is 5.36. The highest BCUT2D eigenvalue weighted by atomic mass is 32.1. The van der Waals surface area contributed by atoms with Gasteiger partial charge in [-0.25, -0.2) is 4.98 Å². The number of amides is 1. The molecule has 1 aromatic carbocycles. The maximum Gasteiger partial charge on any atom is 0.424 e. The van der Waals surface area contributed by atoms with Gasteiger partial charge in [0.2, 0.25) is 11.5 Å². The molecule has 1 aliphatic carbocycles. The van der Waals surface area contributed by atoms with E-state index in [1.165, 1.54) is 17.7 Å². The van der Waals surface area contributed by atoms with E-state index in [9.17, 15) is 23.1 Å². The van der Waals surface area contributed by atoms with Crippen molar-refractivity contribution in [2.45, 2.75) is 49.9 Å². The summed E-state index contributed by atoms with van der Waals surface area (Å²) in [6, 6.07) is 7.15. The molecule has 1 saturated heterocycles. The van der Waals surface area contributed by atoms with Crippen LogP contribution in [0.5, 0.6) is 0 Å². The second-order valence-corrected chi connectivity index (χ2v) is 8.91. The molecule has 1 N–H and O–H groups in total. The summed E-state index contributed by atoms with van der Waals surface area (Å²) < 4.78 is 42.1. The van der Waals surface area contributed by atoms with Crippen LogP contribution in [-0.4, -0.2) is 64.2 Å². The number of fused-ring (bicyclic) bond motifs is 1. The normalized spacial score (nSPS) is 21.6. The summed E-state index contributed by atoms with van der Waals surface area (Å²) >= 11 is 0.777. The molecule has 1 aromatic heterocycles. The SMILES string of the molecule is O=C(CC(O)(c1nc2ccccc2s1)C(F)(F)F)N1CCN(C2CCCC2)CC1. The van der Waals surface area contributed by atoms with E-state index < -0.39 is 29.1 Å². The van der Waals surface area contributed by atoms with Crippen molar-refractivity contribution in [3.05, 3.63) is 29.3 Å². The Morgan fingerprint density at radius 3 is 2.41 bits per heavy atom. The van der Waals surface area contributed by atoms with Gasteiger partial charge in [0.15, 0.2) is 0 Å².